The number of benzene rings is 2. The third-order valence-corrected chi connectivity index (χ3v) is 3.75. The number of para-hydroxylation sites is 1. The van der Waals surface area contributed by atoms with Gasteiger partial charge >= 0.3 is 0 Å². The molecule has 112 valence electrons. The standard InChI is InChI=1S/C17H21NO2S/c1-18-13-14-5-3-4-6-17(14)20-12-11-19-15-7-9-16(21-2)10-8-15/h3-10,18H,11-13H2,1-2H3. The van der Waals surface area contributed by atoms with E-state index in [1.807, 2.05) is 37.4 Å². The SMILES string of the molecule is CNCc1ccccc1OCCOc1ccc(SC)cc1. The quantitative estimate of drug-likeness (QED) is 0.596. The highest BCUT2D eigenvalue weighted by Crippen LogP contribution is 2.19. The number of rotatable bonds is 8. The zero-order valence-corrected chi connectivity index (χ0v) is 13.3. The lowest BCUT2D eigenvalue weighted by molar-refractivity contribution is 0.215. The van der Waals surface area contributed by atoms with Crippen LogP contribution in [0.2, 0.25) is 0 Å². The van der Waals surface area contributed by atoms with Gasteiger partial charge in [-0.2, -0.15) is 0 Å². The monoisotopic (exact) mass is 303 g/mol. The van der Waals surface area contributed by atoms with Crippen molar-refractivity contribution < 1.29 is 9.47 Å². The molecule has 1 N–H and O–H groups in total. The van der Waals surface area contributed by atoms with Crippen LogP contribution in [0.1, 0.15) is 5.56 Å². The van der Waals surface area contributed by atoms with E-state index >= 15 is 0 Å². The van der Waals surface area contributed by atoms with E-state index in [9.17, 15) is 0 Å². The van der Waals surface area contributed by atoms with Crippen LogP contribution in [0.3, 0.4) is 0 Å². The zero-order chi connectivity index (χ0) is 14.9. The third-order valence-electron chi connectivity index (χ3n) is 3.01. The second-order valence-electron chi connectivity index (χ2n) is 4.51. The molecule has 3 nitrogen and oxygen atoms in total. The van der Waals surface area contributed by atoms with E-state index in [1.165, 1.54) is 4.90 Å². The number of ether oxygens (including phenoxy) is 2. The summed E-state index contributed by atoms with van der Waals surface area (Å²) in [4.78, 5) is 1.24. The molecule has 0 saturated carbocycles. The topological polar surface area (TPSA) is 30.5 Å². The molecule has 0 fully saturated rings. The van der Waals surface area contributed by atoms with Crippen molar-refractivity contribution >= 4 is 11.8 Å². The second-order valence-corrected chi connectivity index (χ2v) is 5.39. The molecular formula is C17H21NO2S. The lowest BCUT2D eigenvalue weighted by atomic mass is 10.2. The molecule has 2 aromatic rings. The third kappa shape index (κ3) is 4.99. The maximum Gasteiger partial charge on any atom is 0.123 e. The van der Waals surface area contributed by atoms with Gasteiger partial charge in [0.25, 0.3) is 0 Å². The van der Waals surface area contributed by atoms with Gasteiger partial charge in [0.2, 0.25) is 0 Å². The minimum Gasteiger partial charge on any atom is -0.490 e. The van der Waals surface area contributed by atoms with Gasteiger partial charge in [-0.15, -0.1) is 11.8 Å². The van der Waals surface area contributed by atoms with Gasteiger partial charge in [0.05, 0.1) is 0 Å². The van der Waals surface area contributed by atoms with Crippen molar-refractivity contribution in [2.24, 2.45) is 0 Å². The minimum absolute atomic E-state index is 0.533. The van der Waals surface area contributed by atoms with Crippen molar-refractivity contribution in [2.75, 3.05) is 26.5 Å². The lowest BCUT2D eigenvalue weighted by Gasteiger charge is -2.12. The van der Waals surface area contributed by atoms with Crippen LogP contribution in [0.15, 0.2) is 53.4 Å². The Balaban J connectivity index is 1.79. The average molecular weight is 303 g/mol. The van der Waals surface area contributed by atoms with Crippen LogP contribution in [0.25, 0.3) is 0 Å². The average Bonchev–Trinajstić information content (AvgIpc) is 2.54. The predicted octanol–water partition coefficient (Wildman–Crippen LogP) is 3.59. The van der Waals surface area contributed by atoms with Crippen LogP contribution in [0.4, 0.5) is 0 Å². The summed E-state index contributed by atoms with van der Waals surface area (Å²) >= 11 is 1.72. The lowest BCUT2D eigenvalue weighted by Crippen LogP contribution is -2.12. The normalized spacial score (nSPS) is 10.4. The second kappa shape index (κ2) is 8.60. The number of hydrogen-bond acceptors (Lipinski definition) is 4. The Morgan fingerprint density at radius 3 is 2.38 bits per heavy atom. The van der Waals surface area contributed by atoms with Crippen molar-refractivity contribution in [3.8, 4) is 11.5 Å². The molecule has 0 aliphatic carbocycles. The fraction of sp³-hybridized carbons (Fsp3) is 0.294. The molecule has 4 heteroatoms. The first kappa shape index (κ1) is 15.7. The van der Waals surface area contributed by atoms with Crippen molar-refractivity contribution in [1.29, 1.82) is 0 Å². The Morgan fingerprint density at radius 1 is 0.952 bits per heavy atom. The highest BCUT2D eigenvalue weighted by Gasteiger charge is 2.02. The number of nitrogens with one attached hydrogen (secondary N) is 1. The van der Waals surface area contributed by atoms with Crippen molar-refractivity contribution in [3.05, 3.63) is 54.1 Å². The van der Waals surface area contributed by atoms with Gasteiger partial charge in [-0.3, -0.25) is 0 Å². The molecule has 0 saturated heterocycles. The summed E-state index contributed by atoms with van der Waals surface area (Å²) in [5, 5.41) is 3.14. The van der Waals surface area contributed by atoms with Gasteiger partial charge in [0, 0.05) is 17.0 Å². The molecular weight excluding hydrogens is 282 g/mol. The van der Waals surface area contributed by atoms with Crippen molar-refractivity contribution in [2.45, 2.75) is 11.4 Å². The molecule has 0 unspecified atom stereocenters. The summed E-state index contributed by atoms with van der Waals surface area (Å²) in [7, 11) is 1.93. The van der Waals surface area contributed by atoms with Crippen molar-refractivity contribution in [1.82, 2.24) is 5.32 Å². The summed E-state index contributed by atoms with van der Waals surface area (Å²) in [6.07, 6.45) is 2.06. The maximum absolute atomic E-state index is 5.79. The summed E-state index contributed by atoms with van der Waals surface area (Å²) in [5.74, 6) is 1.79. The molecule has 0 atom stereocenters. The molecule has 0 heterocycles. The summed E-state index contributed by atoms with van der Waals surface area (Å²) in [6, 6.07) is 16.1. The Bertz CT molecular complexity index is 543. The smallest absolute Gasteiger partial charge is 0.123 e. The highest BCUT2D eigenvalue weighted by atomic mass is 32.2. The predicted molar refractivity (Wildman–Crippen MR) is 88.4 cm³/mol. The number of thioether (sulfide) groups is 1. The molecule has 0 spiro atoms. The highest BCUT2D eigenvalue weighted by molar-refractivity contribution is 7.98. The first-order valence-electron chi connectivity index (χ1n) is 6.95. The van der Waals surface area contributed by atoms with Gasteiger partial charge < -0.3 is 14.8 Å². The maximum atomic E-state index is 5.79. The van der Waals surface area contributed by atoms with E-state index in [0.717, 1.165) is 23.6 Å². The Morgan fingerprint density at radius 2 is 1.67 bits per heavy atom. The van der Waals surface area contributed by atoms with Gasteiger partial charge in [0.15, 0.2) is 0 Å². The van der Waals surface area contributed by atoms with Gasteiger partial charge in [-0.1, -0.05) is 18.2 Å². The van der Waals surface area contributed by atoms with Crippen molar-refractivity contribution in [3.63, 3.8) is 0 Å². The first-order chi connectivity index (χ1) is 10.3. The Kier molecular flexibility index (Phi) is 6.44. The summed E-state index contributed by atoms with van der Waals surface area (Å²) < 4.78 is 11.5. The number of hydrogen-bond donors (Lipinski definition) is 1. The molecule has 21 heavy (non-hydrogen) atoms. The molecule has 2 aromatic carbocycles. The molecule has 0 amide bonds. The van der Waals surface area contributed by atoms with Crippen LogP contribution in [0, 0.1) is 0 Å². The fourth-order valence-electron chi connectivity index (χ4n) is 1.96. The molecule has 0 aromatic heterocycles. The Labute approximate surface area is 130 Å². The van der Waals surface area contributed by atoms with E-state index < -0.39 is 0 Å². The minimum atomic E-state index is 0.533. The molecule has 0 aliphatic heterocycles. The van der Waals surface area contributed by atoms with E-state index in [2.05, 4.69) is 29.8 Å². The molecule has 0 aliphatic rings. The summed E-state index contributed by atoms with van der Waals surface area (Å²) in [6.45, 7) is 1.87. The van der Waals surface area contributed by atoms with E-state index in [0.29, 0.717) is 13.2 Å². The van der Waals surface area contributed by atoms with E-state index in [4.69, 9.17) is 9.47 Å². The van der Waals surface area contributed by atoms with Crippen LogP contribution in [-0.4, -0.2) is 26.5 Å². The molecule has 0 bridgehead atoms. The van der Waals surface area contributed by atoms with E-state index in [1.54, 1.807) is 11.8 Å². The van der Waals surface area contributed by atoms with Gasteiger partial charge in [-0.25, -0.2) is 0 Å². The van der Waals surface area contributed by atoms with Gasteiger partial charge in [0.1, 0.15) is 24.7 Å². The van der Waals surface area contributed by atoms with Crippen LogP contribution in [0.5, 0.6) is 11.5 Å². The van der Waals surface area contributed by atoms with E-state index in [-0.39, 0.29) is 0 Å². The van der Waals surface area contributed by atoms with Crippen LogP contribution >= 0.6 is 11.8 Å². The largest absolute Gasteiger partial charge is 0.490 e. The summed E-state index contributed by atoms with van der Waals surface area (Å²) in [5.41, 5.74) is 1.16. The van der Waals surface area contributed by atoms with Gasteiger partial charge in [-0.05, 0) is 43.6 Å². The fourth-order valence-corrected chi connectivity index (χ4v) is 2.37. The Hall–Kier alpha value is -1.65. The zero-order valence-electron chi connectivity index (χ0n) is 12.5. The van der Waals surface area contributed by atoms with Crippen LogP contribution < -0.4 is 14.8 Å². The molecule has 0 radical (unpaired) electrons. The first-order valence-corrected chi connectivity index (χ1v) is 8.18. The van der Waals surface area contributed by atoms with Crippen LogP contribution in [-0.2, 0) is 6.54 Å². The molecule has 2 rings (SSSR count).